The Bertz CT molecular complexity index is 417. The molecule has 0 saturated heterocycles. The SMILES string of the molecule is CCCOCCn1cc([C@H]2C[C@@H]2C(=O)OCC)cn1. The molecule has 0 amide bonds. The molecule has 0 bridgehead atoms. The van der Waals surface area contributed by atoms with Gasteiger partial charge in [-0.1, -0.05) is 6.92 Å². The average molecular weight is 266 g/mol. The second kappa shape index (κ2) is 6.70. The highest BCUT2D eigenvalue weighted by molar-refractivity contribution is 5.77. The number of rotatable bonds is 8. The van der Waals surface area contributed by atoms with Crippen molar-refractivity contribution in [1.29, 1.82) is 0 Å². The normalized spacial score (nSPS) is 21.4. The van der Waals surface area contributed by atoms with E-state index in [0.29, 0.717) is 19.1 Å². The number of hydrogen-bond acceptors (Lipinski definition) is 4. The van der Waals surface area contributed by atoms with E-state index >= 15 is 0 Å². The highest BCUT2D eigenvalue weighted by Crippen LogP contribution is 2.47. The van der Waals surface area contributed by atoms with Crippen LogP contribution in [0.25, 0.3) is 0 Å². The zero-order valence-corrected chi connectivity index (χ0v) is 11.7. The Balaban J connectivity index is 1.77. The molecule has 0 spiro atoms. The standard InChI is InChI=1S/C14H22N2O3/c1-3-6-18-7-5-16-10-11(9-15-16)12-8-13(12)14(17)19-4-2/h9-10,12-13H,3-8H2,1-2H3/t12-,13+/m1/s1. The van der Waals surface area contributed by atoms with Gasteiger partial charge in [0.1, 0.15) is 0 Å². The molecule has 106 valence electrons. The van der Waals surface area contributed by atoms with Gasteiger partial charge in [-0.05, 0) is 25.3 Å². The maximum atomic E-state index is 11.6. The van der Waals surface area contributed by atoms with Gasteiger partial charge in [-0.25, -0.2) is 0 Å². The van der Waals surface area contributed by atoms with Crippen molar-refractivity contribution < 1.29 is 14.3 Å². The predicted octanol–water partition coefficient (Wildman–Crippen LogP) is 1.98. The third-order valence-electron chi connectivity index (χ3n) is 3.27. The van der Waals surface area contributed by atoms with Gasteiger partial charge in [-0.2, -0.15) is 5.10 Å². The number of nitrogens with zero attached hydrogens (tertiary/aromatic N) is 2. The first-order valence-electron chi connectivity index (χ1n) is 7.03. The zero-order valence-electron chi connectivity index (χ0n) is 11.7. The summed E-state index contributed by atoms with van der Waals surface area (Å²) in [5, 5.41) is 4.30. The molecule has 5 heteroatoms. The van der Waals surface area contributed by atoms with E-state index in [1.807, 2.05) is 24.0 Å². The minimum atomic E-state index is -0.0773. The summed E-state index contributed by atoms with van der Waals surface area (Å²) in [4.78, 5) is 11.6. The van der Waals surface area contributed by atoms with E-state index in [-0.39, 0.29) is 11.9 Å². The molecule has 0 unspecified atom stereocenters. The van der Waals surface area contributed by atoms with Gasteiger partial charge in [0.2, 0.25) is 0 Å². The van der Waals surface area contributed by atoms with Gasteiger partial charge in [0, 0.05) is 18.7 Å². The lowest BCUT2D eigenvalue weighted by Crippen LogP contribution is -2.07. The lowest BCUT2D eigenvalue weighted by molar-refractivity contribution is -0.144. The molecule has 0 N–H and O–H groups in total. The van der Waals surface area contributed by atoms with Crippen LogP contribution in [0.3, 0.4) is 0 Å². The Morgan fingerprint density at radius 3 is 3.05 bits per heavy atom. The summed E-state index contributed by atoms with van der Waals surface area (Å²) in [6.45, 7) is 6.62. The van der Waals surface area contributed by atoms with Crippen molar-refractivity contribution >= 4 is 5.97 Å². The van der Waals surface area contributed by atoms with Crippen LogP contribution in [0.2, 0.25) is 0 Å². The molecule has 1 aromatic heterocycles. The smallest absolute Gasteiger partial charge is 0.309 e. The Morgan fingerprint density at radius 1 is 1.47 bits per heavy atom. The maximum Gasteiger partial charge on any atom is 0.309 e. The fourth-order valence-corrected chi connectivity index (χ4v) is 2.17. The summed E-state index contributed by atoms with van der Waals surface area (Å²) in [6, 6.07) is 0. The zero-order chi connectivity index (χ0) is 13.7. The van der Waals surface area contributed by atoms with Gasteiger partial charge in [0.15, 0.2) is 0 Å². The lowest BCUT2D eigenvalue weighted by atomic mass is 10.2. The quantitative estimate of drug-likeness (QED) is 0.533. The summed E-state index contributed by atoms with van der Waals surface area (Å²) in [5.41, 5.74) is 1.13. The molecular formula is C14H22N2O3. The summed E-state index contributed by atoms with van der Waals surface area (Å²) < 4.78 is 12.3. The van der Waals surface area contributed by atoms with Crippen molar-refractivity contribution in [2.45, 2.75) is 39.2 Å². The summed E-state index contributed by atoms with van der Waals surface area (Å²) in [7, 11) is 0. The van der Waals surface area contributed by atoms with E-state index in [0.717, 1.165) is 31.6 Å². The fourth-order valence-electron chi connectivity index (χ4n) is 2.17. The third-order valence-corrected chi connectivity index (χ3v) is 3.27. The summed E-state index contributed by atoms with van der Waals surface area (Å²) in [5.74, 6) is 0.254. The van der Waals surface area contributed by atoms with Crippen molar-refractivity contribution in [3.05, 3.63) is 18.0 Å². The van der Waals surface area contributed by atoms with Crippen molar-refractivity contribution in [2.24, 2.45) is 5.92 Å². The van der Waals surface area contributed by atoms with Crippen LogP contribution < -0.4 is 0 Å². The molecule has 5 nitrogen and oxygen atoms in total. The molecule has 1 saturated carbocycles. The number of esters is 1. The van der Waals surface area contributed by atoms with E-state index in [1.54, 1.807) is 0 Å². The van der Waals surface area contributed by atoms with E-state index in [9.17, 15) is 4.79 Å². The molecule has 1 aromatic rings. The van der Waals surface area contributed by atoms with E-state index in [2.05, 4.69) is 12.0 Å². The van der Waals surface area contributed by atoms with E-state index in [1.165, 1.54) is 0 Å². The largest absolute Gasteiger partial charge is 0.466 e. The topological polar surface area (TPSA) is 53.4 Å². The monoisotopic (exact) mass is 266 g/mol. The molecule has 0 aromatic carbocycles. The van der Waals surface area contributed by atoms with Gasteiger partial charge in [-0.3, -0.25) is 9.48 Å². The first-order valence-corrected chi connectivity index (χ1v) is 7.03. The van der Waals surface area contributed by atoms with Gasteiger partial charge in [0.25, 0.3) is 0 Å². The number of carbonyl (C=O) groups excluding carboxylic acids is 1. The Hall–Kier alpha value is -1.36. The Morgan fingerprint density at radius 2 is 2.32 bits per heavy atom. The van der Waals surface area contributed by atoms with Crippen LogP contribution in [0, 0.1) is 5.92 Å². The average Bonchev–Trinajstić information content (AvgIpc) is 3.08. The van der Waals surface area contributed by atoms with Crippen molar-refractivity contribution in [3.63, 3.8) is 0 Å². The minimum absolute atomic E-state index is 0.0361. The van der Waals surface area contributed by atoms with Gasteiger partial charge < -0.3 is 9.47 Å². The molecular weight excluding hydrogens is 244 g/mol. The summed E-state index contributed by atoms with van der Waals surface area (Å²) >= 11 is 0. The van der Waals surface area contributed by atoms with Crippen LogP contribution >= 0.6 is 0 Å². The second-order valence-electron chi connectivity index (χ2n) is 4.85. The number of ether oxygens (including phenoxy) is 2. The minimum Gasteiger partial charge on any atom is -0.466 e. The predicted molar refractivity (Wildman–Crippen MR) is 70.8 cm³/mol. The molecule has 1 fully saturated rings. The first-order chi connectivity index (χ1) is 9.26. The third kappa shape index (κ3) is 3.80. The molecule has 1 heterocycles. The van der Waals surface area contributed by atoms with Gasteiger partial charge in [0.05, 0.1) is 31.9 Å². The van der Waals surface area contributed by atoms with Crippen molar-refractivity contribution in [1.82, 2.24) is 9.78 Å². The van der Waals surface area contributed by atoms with Crippen LogP contribution in [0.1, 0.15) is 38.2 Å². The Labute approximate surface area is 113 Å². The number of carbonyl (C=O) groups is 1. The van der Waals surface area contributed by atoms with E-state index in [4.69, 9.17) is 9.47 Å². The van der Waals surface area contributed by atoms with Crippen LogP contribution in [0.15, 0.2) is 12.4 Å². The van der Waals surface area contributed by atoms with Crippen LogP contribution in [-0.4, -0.2) is 35.6 Å². The molecule has 19 heavy (non-hydrogen) atoms. The molecule has 0 radical (unpaired) electrons. The second-order valence-corrected chi connectivity index (χ2v) is 4.85. The van der Waals surface area contributed by atoms with E-state index < -0.39 is 0 Å². The molecule has 0 aliphatic heterocycles. The lowest BCUT2D eigenvalue weighted by Gasteiger charge is -2.02. The van der Waals surface area contributed by atoms with Gasteiger partial charge >= 0.3 is 5.97 Å². The van der Waals surface area contributed by atoms with Crippen LogP contribution in [0.4, 0.5) is 0 Å². The highest BCUT2D eigenvalue weighted by Gasteiger charge is 2.45. The maximum absolute atomic E-state index is 11.6. The molecule has 1 aliphatic rings. The molecule has 2 rings (SSSR count). The van der Waals surface area contributed by atoms with Gasteiger partial charge in [-0.15, -0.1) is 0 Å². The first kappa shape index (κ1) is 14.1. The molecule has 1 aliphatic carbocycles. The Kier molecular flexibility index (Phi) is 4.96. The van der Waals surface area contributed by atoms with Crippen LogP contribution in [0.5, 0.6) is 0 Å². The van der Waals surface area contributed by atoms with Crippen LogP contribution in [-0.2, 0) is 20.8 Å². The van der Waals surface area contributed by atoms with Crippen molar-refractivity contribution in [2.75, 3.05) is 19.8 Å². The molecule has 2 atom stereocenters. The summed E-state index contributed by atoms with van der Waals surface area (Å²) in [6.07, 6.45) is 5.79. The number of aromatic nitrogens is 2. The number of hydrogen-bond donors (Lipinski definition) is 0. The highest BCUT2D eigenvalue weighted by atomic mass is 16.5. The fraction of sp³-hybridized carbons (Fsp3) is 0.714. The van der Waals surface area contributed by atoms with Crippen molar-refractivity contribution in [3.8, 4) is 0 Å².